The molecule has 0 aliphatic carbocycles. The van der Waals surface area contributed by atoms with Gasteiger partial charge in [-0.2, -0.15) is 0 Å². The summed E-state index contributed by atoms with van der Waals surface area (Å²) in [4.78, 5) is 15.4. The standard InChI is InChI=1S/C11H12N2O2/c1-6-5-13-8(3)12-7(2)4-9(13)10(6)11(14)15/h4-5H,1-3H3,(H,14,15). The highest BCUT2D eigenvalue weighted by Gasteiger charge is 2.15. The second-order valence-corrected chi connectivity index (χ2v) is 3.69. The van der Waals surface area contributed by atoms with E-state index in [0.717, 1.165) is 17.1 Å². The van der Waals surface area contributed by atoms with E-state index in [2.05, 4.69) is 4.98 Å². The van der Waals surface area contributed by atoms with Crippen molar-refractivity contribution in [2.75, 3.05) is 0 Å². The van der Waals surface area contributed by atoms with Crippen LogP contribution in [0.15, 0.2) is 12.3 Å². The van der Waals surface area contributed by atoms with Crippen molar-refractivity contribution < 1.29 is 9.90 Å². The van der Waals surface area contributed by atoms with Crippen LogP contribution >= 0.6 is 0 Å². The molecule has 0 unspecified atom stereocenters. The lowest BCUT2D eigenvalue weighted by Gasteiger charge is -2.02. The number of carboxylic acids is 1. The molecule has 4 heteroatoms. The highest BCUT2D eigenvalue weighted by atomic mass is 16.4. The van der Waals surface area contributed by atoms with Gasteiger partial charge in [0.2, 0.25) is 0 Å². The highest BCUT2D eigenvalue weighted by Crippen LogP contribution is 2.19. The second kappa shape index (κ2) is 3.08. The number of nitrogens with zero attached hydrogens (tertiary/aromatic N) is 2. The molecule has 2 rings (SSSR count). The number of rotatable bonds is 1. The first-order chi connectivity index (χ1) is 7.00. The Morgan fingerprint density at radius 3 is 2.67 bits per heavy atom. The molecule has 0 bridgehead atoms. The maximum absolute atomic E-state index is 11.1. The third-order valence-corrected chi connectivity index (χ3v) is 2.48. The largest absolute Gasteiger partial charge is 0.478 e. The molecule has 78 valence electrons. The van der Waals surface area contributed by atoms with Gasteiger partial charge in [-0.3, -0.25) is 0 Å². The predicted octanol–water partition coefficient (Wildman–Crippen LogP) is 1.96. The lowest BCUT2D eigenvalue weighted by atomic mass is 10.2. The van der Waals surface area contributed by atoms with E-state index < -0.39 is 5.97 Å². The van der Waals surface area contributed by atoms with Crippen molar-refractivity contribution in [1.29, 1.82) is 0 Å². The molecule has 0 spiro atoms. The van der Waals surface area contributed by atoms with Crippen molar-refractivity contribution in [3.8, 4) is 0 Å². The van der Waals surface area contributed by atoms with E-state index in [1.165, 1.54) is 0 Å². The second-order valence-electron chi connectivity index (χ2n) is 3.69. The van der Waals surface area contributed by atoms with Crippen LogP contribution in [-0.2, 0) is 0 Å². The van der Waals surface area contributed by atoms with Gasteiger partial charge in [-0.25, -0.2) is 9.78 Å². The first-order valence-corrected chi connectivity index (χ1v) is 4.70. The zero-order chi connectivity index (χ0) is 11.2. The van der Waals surface area contributed by atoms with E-state index in [0.29, 0.717) is 11.1 Å². The molecule has 1 N–H and O–H groups in total. The van der Waals surface area contributed by atoms with Gasteiger partial charge in [0, 0.05) is 11.9 Å². The number of aromatic carboxylic acids is 1. The van der Waals surface area contributed by atoms with E-state index in [1.807, 2.05) is 18.2 Å². The van der Waals surface area contributed by atoms with Gasteiger partial charge in [0.25, 0.3) is 0 Å². The Hall–Kier alpha value is -1.84. The minimum Gasteiger partial charge on any atom is -0.478 e. The Bertz CT molecular complexity index is 555. The van der Waals surface area contributed by atoms with Crippen molar-refractivity contribution in [1.82, 2.24) is 9.38 Å². The molecule has 2 heterocycles. The molecule has 4 nitrogen and oxygen atoms in total. The molecule has 0 saturated carbocycles. The highest BCUT2D eigenvalue weighted by molar-refractivity contribution is 5.97. The molecular weight excluding hydrogens is 192 g/mol. The summed E-state index contributed by atoms with van der Waals surface area (Å²) in [6, 6.07) is 1.80. The average molecular weight is 204 g/mol. The SMILES string of the molecule is Cc1cc2c(C(=O)O)c(C)cn2c(C)n1. The van der Waals surface area contributed by atoms with Gasteiger partial charge in [0.05, 0.1) is 11.1 Å². The smallest absolute Gasteiger partial charge is 0.338 e. The first kappa shape index (κ1) is 9.71. The van der Waals surface area contributed by atoms with Crippen LogP contribution in [0.5, 0.6) is 0 Å². The number of hydrogen-bond donors (Lipinski definition) is 1. The van der Waals surface area contributed by atoms with Gasteiger partial charge in [-0.05, 0) is 32.4 Å². The molecule has 0 aromatic carbocycles. The molecule has 2 aromatic rings. The first-order valence-electron chi connectivity index (χ1n) is 4.70. The number of fused-ring (bicyclic) bond motifs is 1. The zero-order valence-electron chi connectivity index (χ0n) is 8.90. The van der Waals surface area contributed by atoms with Crippen LogP contribution < -0.4 is 0 Å². The average Bonchev–Trinajstić information content (AvgIpc) is 2.41. The van der Waals surface area contributed by atoms with E-state index in [-0.39, 0.29) is 0 Å². The van der Waals surface area contributed by atoms with E-state index in [1.54, 1.807) is 19.2 Å². The van der Waals surface area contributed by atoms with Gasteiger partial charge in [0.15, 0.2) is 0 Å². The van der Waals surface area contributed by atoms with E-state index in [9.17, 15) is 4.79 Å². The number of aromatic nitrogens is 2. The van der Waals surface area contributed by atoms with Crippen LogP contribution in [0.2, 0.25) is 0 Å². The van der Waals surface area contributed by atoms with Gasteiger partial charge < -0.3 is 9.51 Å². The number of carbonyl (C=O) groups is 1. The minimum absolute atomic E-state index is 0.364. The fourth-order valence-corrected chi connectivity index (χ4v) is 1.88. The molecule has 0 fully saturated rings. The number of hydrogen-bond acceptors (Lipinski definition) is 2. The summed E-state index contributed by atoms with van der Waals surface area (Å²) in [6.07, 6.45) is 1.81. The van der Waals surface area contributed by atoms with Crippen LogP contribution in [0.3, 0.4) is 0 Å². The molecule has 0 aliphatic heterocycles. The van der Waals surface area contributed by atoms with Gasteiger partial charge >= 0.3 is 5.97 Å². The molecule has 0 aliphatic rings. The summed E-state index contributed by atoms with van der Waals surface area (Å²) in [6.45, 7) is 5.53. The maximum atomic E-state index is 11.1. The fraction of sp³-hybridized carbons (Fsp3) is 0.273. The van der Waals surface area contributed by atoms with Crippen molar-refractivity contribution in [2.24, 2.45) is 0 Å². The summed E-state index contributed by atoms with van der Waals surface area (Å²) < 4.78 is 1.81. The van der Waals surface area contributed by atoms with Crippen molar-refractivity contribution in [3.63, 3.8) is 0 Å². The van der Waals surface area contributed by atoms with Gasteiger partial charge in [0.1, 0.15) is 5.82 Å². The number of aryl methyl sites for hydroxylation is 3. The van der Waals surface area contributed by atoms with Crippen LogP contribution in [0.4, 0.5) is 0 Å². The van der Waals surface area contributed by atoms with Crippen LogP contribution in [0, 0.1) is 20.8 Å². The Morgan fingerprint density at radius 2 is 2.07 bits per heavy atom. The topological polar surface area (TPSA) is 54.6 Å². The lowest BCUT2D eigenvalue weighted by Crippen LogP contribution is -2.00. The van der Waals surface area contributed by atoms with Crippen molar-refractivity contribution >= 4 is 11.5 Å². The Morgan fingerprint density at radius 1 is 1.40 bits per heavy atom. The Kier molecular flexibility index (Phi) is 2.00. The third-order valence-electron chi connectivity index (χ3n) is 2.48. The molecule has 15 heavy (non-hydrogen) atoms. The summed E-state index contributed by atoms with van der Waals surface area (Å²) in [5, 5.41) is 9.10. The Labute approximate surface area is 87.2 Å². The van der Waals surface area contributed by atoms with Crippen LogP contribution in [-0.4, -0.2) is 20.5 Å². The molecular formula is C11H12N2O2. The maximum Gasteiger partial charge on any atom is 0.338 e. The lowest BCUT2D eigenvalue weighted by molar-refractivity contribution is 0.0698. The van der Waals surface area contributed by atoms with Crippen molar-refractivity contribution in [2.45, 2.75) is 20.8 Å². The van der Waals surface area contributed by atoms with Crippen molar-refractivity contribution in [3.05, 3.63) is 34.9 Å². The quantitative estimate of drug-likeness (QED) is 0.772. The summed E-state index contributed by atoms with van der Waals surface area (Å²) in [5.74, 6) is -0.0828. The predicted molar refractivity (Wildman–Crippen MR) is 56.4 cm³/mol. The minimum atomic E-state index is -0.889. The molecule has 0 saturated heterocycles. The molecule has 0 radical (unpaired) electrons. The number of carboxylic acid groups (broad SMARTS) is 1. The summed E-state index contributed by atoms with van der Waals surface area (Å²) in [5.41, 5.74) is 2.67. The molecule has 0 atom stereocenters. The van der Waals surface area contributed by atoms with E-state index >= 15 is 0 Å². The van der Waals surface area contributed by atoms with Gasteiger partial charge in [-0.1, -0.05) is 0 Å². The summed E-state index contributed by atoms with van der Waals surface area (Å²) in [7, 11) is 0. The molecule has 0 amide bonds. The monoisotopic (exact) mass is 204 g/mol. The van der Waals surface area contributed by atoms with Crippen LogP contribution in [0.25, 0.3) is 5.52 Å². The third kappa shape index (κ3) is 1.38. The summed E-state index contributed by atoms with van der Waals surface area (Å²) >= 11 is 0. The zero-order valence-corrected chi connectivity index (χ0v) is 8.90. The van der Waals surface area contributed by atoms with Crippen LogP contribution in [0.1, 0.15) is 27.4 Å². The molecule has 2 aromatic heterocycles. The van der Waals surface area contributed by atoms with E-state index in [4.69, 9.17) is 5.11 Å². The fourth-order valence-electron chi connectivity index (χ4n) is 1.88. The Balaban J connectivity index is 2.93. The van der Waals surface area contributed by atoms with Gasteiger partial charge in [-0.15, -0.1) is 0 Å². The normalized spacial score (nSPS) is 10.9.